The van der Waals surface area contributed by atoms with Crippen molar-refractivity contribution in [1.82, 2.24) is 9.97 Å². The van der Waals surface area contributed by atoms with Crippen LogP contribution in [0.2, 0.25) is 5.02 Å². The van der Waals surface area contributed by atoms with Crippen molar-refractivity contribution in [2.45, 2.75) is 6.92 Å². The zero-order valence-electron chi connectivity index (χ0n) is 13.3. The highest BCUT2D eigenvalue weighted by Gasteiger charge is 2.11. The maximum absolute atomic E-state index is 13.0. The molecule has 25 heavy (non-hydrogen) atoms. The second-order valence-electron chi connectivity index (χ2n) is 5.28. The second-order valence-corrected chi connectivity index (χ2v) is 5.71. The number of anilines is 3. The van der Waals surface area contributed by atoms with E-state index < -0.39 is 0 Å². The summed E-state index contributed by atoms with van der Waals surface area (Å²) in [7, 11) is 0. The van der Waals surface area contributed by atoms with E-state index in [4.69, 9.17) is 11.6 Å². The van der Waals surface area contributed by atoms with E-state index in [1.54, 1.807) is 43.3 Å². The van der Waals surface area contributed by atoms with Crippen molar-refractivity contribution in [3.8, 4) is 0 Å². The van der Waals surface area contributed by atoms with Gasteiger partial charge >= 0.3 is 0 Å². The zero-order valence-corrected chi connectivity index (χ0v) is 14.0. The number of amides is 1. The lowest BCUT2D eigenvalue weighted by Crippen LogP contribution is -2.15. The molecule has 5 nitrogen and oxygen atoms in total. The molecule has 1 heterocycles. The van der Waals surface area contributed by atoms with E-state index in [9.17, 15) is 9.18 Å². The molecule has 0 saturated heterocycles. The van der Waals surface area contributed by atoms with E-state index in [2.05, 4.69) is 20.6 Å². The standard InChI is InChI=1S/C18H14ClFN4O/c1-11-21-16(18(25)24-15-6-2-12(19)3-7-15)10-17(22-11)23-14-8-4-13(20)5-9-14/h2-10H,1H3,(H,24,25)(H,21,22,23). The van der Waals surface area contributed by atoms with Crippen LogP contribution in [0, 0.1) is 12.7 Å². The number of benzene rings is 2. The highest BCUT2D eigenvalue weighted by molar-refractivity contribution is 6.30. The minimum Gasteiger partial charge on any atom is -0.340 e. The van der Waals surface area contributed by atoms with Crippen LogP contribution in [-0.2, 0) is 0 Å². The highest BCUT2D eigenvalue weighted by Crippen LogP contribution is 2.18. The molecule has 0 spiro atoms. The summed E-state index contributed by atoms with van der Waals surface area (Å²) in [6.45, 7) is 1.69. The highest BCUT2D eigenvalue weighted by atomic mass is 35.5. The first-order valence-electron chi connectivity index (χ1n) is 7.45. The molecule has 1 aromatic heterocycles. The van der Waals surface area contributed by atoms with Gasteiger partial charge in [0, 0.05) is 22.5 Å². The molecule has 2 aromatic carbocycles. The smallest absolute Gasteiger partial charge is 0.274 e. The van der Waals surface area contributed by atoms with Gasteiger partial charge in [0.1, 0.15) is 23.2 Å². The predicted octanol–water partition coefficient (Wildman–Crippen LogP) is 4.57. The Labute approximate surface area is 148 Å². The maximum atomic E-state index is 13.0. The molecule has 0 bridgehead atoms. The number of nitrogens with one attached hydrogen (secondary N) is 2. The first-order valence-corrected chi connectivity index (χ1v) is 7.82. The lowest BCUT2D eigenvalue weighted by Gasteiger charge is -2.09. The van der Waals surface area contributed by atoms with Gasteiger partial charge in [-0.05, 0) is 55.5 Å². The zero-order chi connectivity index (χ0) is 17.8. The predicted molar refractivity (Wildman–Crippen MR) is 95.9 cm³/mol. The van der Waals surface area contributed by atoms with Gasteiger partial charge in [-0.15, -0.1) is 0 Å². The van der Waals surface area contributed by atoms with E-state index in [0.717, 1.165) is 0 Å². The number of carbonyl (C=O) groups excluding carboxylic acids is 1. The van der Waals surface area contributed by atoms with Crippen molar-refractivity contribution < 1.29 is 9.18 Å². The number of aryl methyl sites for hydroxylation is 1. The quantitative estimate of drug-likeness (QED) is 0.718. The number of rotatable bonds is 4. The molecular formula is C18H14ClFN4O. The average molecular weight is 357 g/mol. The molecule has 0 aliphatic rings. The van der Waals surface area contributed by atoms with Crippen LogP contribution in [0.25, 0.3) is 0 Å². The first-order chi connectivity index (χ1) is 12.0. The first kappa shape index (κ1) is 16.9. The van der Waals surface area contributed by atoms with E-state index in [0.29, 0.717) is 28.0 Å². The third kappa shape index (κ3) is 4.51. The number of hydrogen-bond donors (Lipinski definition) is 2. The molecule has 0 atom stereocenters. The van der Waals surface area contributed by atoms with Gasteiger partial charge in [0.15, 0.2) is 0 Å². The Kier molecular flexibility index (Phi) is 4.90. The molecule has 2 N–H and O–H groups in total. The molecule has 0 fully saturated rings. The van der Waals surface area contributed by atoms with E-state index >= 15 is 0 Å². The van der Waals surface area contributed by atoms with Crippen LogP contribution in [0.1, 0.15) is 16.3 Å². The van der Waals surface area contributed by atoms with Crippen LogP contribution in [0.3, 0.4) is 0 Å². The van der Waals surface area contributed by atoms with Gasteiger partial charge in [-0.3, -0.25) is 4.79 Å². The minimum atomic E-state index is -0.366. The topological polar surface area (TPSA) is 66.9 Å². The fourth-order valence-corrected chi connectivity index (χ4v) is 2.28. The summed E-state index contributed by atoms with van der Waals surface area (Å²) in [5, 5.41) is 6.35. The Balaban J connectivity index is 1.79. The Morgan fingerprint density at radius 1 is 1.00 bits per heavy atom. The summed E-state index contributed by atoms with van der Waals surface area (Å²) < 4.78 is 13.0. The van der Waals surface area contributed by atoms with Crippen molar-refractivity contribution in [3.63, 3.8) is 0 Å². The number of nitrogens with zero attached hydrogens (tertiary/aromatic N) is 2. The Morgan fingerprint density at radius 2 is 1.64 bits per heavy atom. The molecule has 0 aliphatic heterocycles. The van der Waals surface area contributed by atoms with Crippen molar-refractivity contribution in [3.05, 3.63) is 77.0 Å². The van der Waals surface area contributed by atoms with Crippen LogP contribution in [0.5, 0.6) is 0 Å². The number of aromatic nitrogens is 2. The van der Waals surface area contributed by atoms with Crippen molar-refractivity contribution in [2.75, 3.05) is 10.6 Å². The Morgan fingerprint density at radius 3 is 2.32 bits per heavy atom. The van der Waals surface area contributed by atoms with E-state index in [1.807, 2.05) is 0 Å². The van der Waals surface area contributed by atoms with Crippen LogP contribution >= 0.6 is 11.6 Å². The minimum absolute atomic E-state index is 0.215. The Bertz CT molecular complexity index is 898. The molecule has 0 radical (unpaired) electrons. The van der Waals surface area contributed by atoms with Gasteiger partial charge in [-0.1, -0.05) is 11.6 Å². The summed E-state index contributed by atoms with van der Waals surface area (Å²) in [5.41, 5.74) is 1.48. The van der Waals surface area contributed by atoms with Crippen LogP contribution in [0.15, 0.2) is 54.6 Å². The number of halogens is 2. The van der Waals surface area contributed by atoms with E-state index in [-0.39, 0.29) is 17.4 Å². The number of hydrogen-bond acceptors (Lipinski definition) is 4. The van der Waals surface area contributed by atoms with Crippen molar-refractivity contribution in [1.29, 1.82) is 0 Å². The largest absolute Gasteiger partial charge is 0.340 e. The molecular weight excluding hydrogens is 343 g/mol. The maximum Gasteiger partial charge on any atom is 0.274 e. The summed E-state index contributed by atoms with van der Waals surface area (Å²) in [6.07, 6.45) is 0. The summed E-state index contributed by atoms with van der Waals surface area (Å²) in [4.78, 5) is 20.8. The molecule has 0 saturated carbocycles. The Hall–Kier alpha value is -2.99. The van der Waals surface area contributed by atoms with Gasteiger partial charge in [0.05, 0.1) is 0 Å². The monoisotopic (exact) mass is 356 g/mol. The molecule has 3 rings (SSSR count). The van der Waals surface area contributed by atoms with Gasteiger partial charge in [-0.2, -0.15) is 0 Å². The molecule has 1 amide bonds. The van der Waals surface area contributed by atoms with Crippen molar-refractivity contribution >= 4 is 34.7 Å². The fraction of sp³-hybridized carbons (Fsp3) is 0.0556. The molecule has 3 aromatic rings. The second kappa shape index (κ2) is 7.27. The third-order valence-electron chi connectivity index (χ3n) is 3.29. The van der Waals surface area contributed by atoms with E-state index in [1.165, 1.54) is 18.2 Å². The lowest BCUT2D eigenvalue weighted by atomic mass is 10.3. The summed E-state index contributed by atoms with van der Waals surface area (Å²) in [6, 6.07) is 14.1. The third-order valence-corrected chi connectivity index (χ3v) is 3.54. The van der Waals surface area contributed by atoms with Gasteiger partial charge in [-0.25, -0.2) is 14.4 Å². The van der Waals surface area contributed by atoms with Gasteiger partial charge < -0.3 is 10.6 Å². The van der Waals surface area contributed by atoms with Crippen molar-refractivity contribution in [2.24, 2.45) is 0 Å². The number of carbonyl (C=O) groups is 1. The summed E-state index contributed by atoms with van der Waals surface area (Å²) in [5.74, 6) is 0.191. The lowest BCUT2D eigenvalue weighted by molar-refractivity contribution is 0.102. The summed E-state index contributed by atoms with van der Waals surface area (Å²) >= 11 is 5.83. The van der Waals surface area contributed by atoms with Crippen LogP contribution < -0.4 is 10.6 Å². The SMILES string of the molecule is Cc1nc(Nc2ccc(F)cc2)cc(C(=O)Nc2ccc(Cl)cc2)n1. The van der Waals surface area contributed by atoms with Crippen LogP contribution in [0.4, 0.5) is 21.6 Å². The molecule has 7 heteroatoms. The average Bonchev–Trinajstić information content (AvgIpc) is 2.58. The fourth-order valence-electron chi connectivity index (χ4n) is 2.16. The van der Waals surface area contributed by atoms with Gasteiger partial charge in [0.2, 0.25) is 0 Å². The molecule has 0 aliphatic carbocycles. The molecule has 0 unspecified atom stereocenters. The van der Waals surface area contributed by atoms with Crippen LogP contribution in [-0.4, -0.2) is 15.9 Å². The van der Waals surface area contributed by atoms with Gasteiger partial charge in [0.25, 0.3) is 5.91 Å². The normalized spacial score (nSPS) is 10.4. The molecule has 126 valence electrons.